The van der Waals surface area contributed by atoms with Crippen molar-refractivity contribution in [3.05, 3.63) is 0 Å². The molecule has 0 radical (unpaired) electrons. The molecule has 1 saturated carbocycles. The first-order valence-corrected chi connectivity index (χ1v) is 4.42. The highest BCUT2D eigenvalue weighted by Gasteiger charge is 2.49. The summed E-state index contributed by atoms with van der Waals surface area (Å²) in [5.41, 5.74) is 0.495. The smallest absolute Gasteiger partial charge is 0.0529 e. The number of methoxy groups -OCH3 is 1. The Labute approximate surface area is 64.9 Å². The van der Waals surface area contributed by atoms with E-state index in [0.717, 1.165) is 17.9 Å². The van der Waals surface area contributed by atoms with Crippen LogP contribution in [0.1, 0.15) is 13.3 Å². The van der Waals surface area contributed by atoms with E-state index in [4.69, 9.17) is 4.74 Å². The molecule has 9 heavy (non-hydrogen) atoms. The lowest BCUT2D eigenvalue weighted by molar-refractivity contribution is 0.146. The second kappa shape index (κ2) is 2.59. The molecule has 0 spiro atoms. The van der Waals surface area contributed by atoms with E-state index in [9.17, 15) is 0 Å². The normalized spacial score (nSPS) is 41.0. The summed E-state index contributed by atoms with van der Waals surface area (Å²) < 4.78 is 5.10. The Hall–Kier alpha value is 0.440. The quantitative estimate of drug-likeness (QED) is 0.623. The fourth-order valence-electron chi connectivity index (χ4n) is 1.26. The predicted octanol–water partition coefficient (Wildman–Crippen LogP) is 2.05. The Morgan fingerprint density at radius 2 is 2.33 bits per heavy atom. The summed E-state index contributed by atoms with van der Waals surface area (Å²) in [5.74, 6) is 0.858. The number of alkyl halides is 1. The Kier molecular flexibility index (Phi) is 2.17. The molecule has 0 saturated heterocycles. The number of halogens is 1. The monoisotopic (exact) mass is 192 g/mol. The van der Waals surface area contributed by atoms with Crippen LogP contribution in [-0.4, -0.2) is 19.0 Å². The van der Waals surface area contributed by atoms with E-state index in [1.165, 1.54) is 6.42 Å². The molecule has 0 bridgehead atoms. The highest BCUT2D eigenvalue weighted by atomic mass is 79.9. The predicted molar refractivity (Wildman–Crippen MR) is 41.9 cm³/mol. The molecule has 0 aliphatic heterocycles. The first-order chi connectivity index (χ1) is 4.25. The van der Waals surface area contributed by atoms with Gasteiger partial charge in [0.2, 0.25) is 0 Å². The van der Waals surface area contributed by atoms with E-state index in [1.54, 1.807) is 7.11 Å². The van der Waals surface area contributed by atoms with Gasteiger partial charge < -0.3 is 4.74 Å². The Bertz CT molecular complexity index is 101. The van der Waals surface area contributed by atoms with Gasteiger partial charge in [-0.3, -0.25) is 0 Å². The van der Waals surface area contributed by atoms with Gasteiger partial charge in [0.05, 0.1) is 6.61 Å². The summed E-state index contributed by atoms with van der Waals surface area (Å²) in [5, 5.41) is 1.09. The molecule has 0 N–H and O–H groups in total. The fraction of sp³-hybridized carbons (Fsp3) is 1.00. The van der Waals surface area contributed by atoms with Crippen LogP contribution < -0.4 is 0 Å². The van der Waals surface area contributed by atoms with Crippen LogP contribution in [0.2, 0.25) is 0 Å². The number of hydrogen-bond acceptors (Lipinski definition) is 1. The fourth-order valence-corrected chi connectivity index (χ4v) is 2.21. The van der Waals surface area contributed by atoms with Crippen molar-refractivity contribution in [2.45, 2.75) is 13.3 Å². The average Bonchev–Trinajstić information content (AvgIpc) is 2.45. The molecular formula is C7H13BrO. The topological polar surface area (TPSA) is 9.23 Å². The molecule has 1 aliphatic carbocycles. The van der Waals surface area contributed by atoms with Crippen molar-refractivity contribution in [1.29, 1.82) is 0 Å². The maximum absolute atomic E-state index is 5.10. The summed E-state index contributed by atoms with van der Waals surface area (Å²) in [7, 11) is 1.77. The highest BCUT2D eigenvalue weighted by Crippen LogP contribution is 2.53. The van der Waals surface area contributed by atoms with E-state index in [0.29, 0.717) is 5.41 Å². The summed E-state index contributed by atoms with van der Waals surface area (Å²) in [4.78, 5) is 0. The second-order valence-electron chi connectivity index (χ2n) is 3.03. The molecule has 1 fully saturated rings. The Morgan fingerprint density at radius 1 is 1.78 bits per heavy atom. The minimum absolute atomic E-state index is 0.495. The second-order valence-corrected chi connectivity index (χ2v) is 3.59. The van der Waals surface area contributed by atoms with Crippen LogP contribution >= 0.6 is 15.9 Å². The van der Waals surface area contributed by atoms with Gasteiger partial charge in [-0.15, -0.1) is 0 Å². The Morgan fingerprint density at radius 3 is 2.44 bits per heavy atom. The summed E-state index contributed by atoms with van der Waals surface area (Å²) >= 11 is 3.49. The minimum Gasteiger partial charge on any atom is -0.384 e. The van der Waals surface area contributed by atoms with E-state index >= 15 is 0 Å². The molecule has 54 valence electrons. The number of rotatable bonds is 3. The molecule has 0 heterocycles. The van der Waals surface area contributed by atoms with E-state index < -0.39 is 0 Å². The highest BCUT2D eigenvalue weighted by molar-refractivity contribution is 9.09. The summed E-state index contributed by atoms with van der Waals surface area (Å²) in [6.45, 7) is 3.19. The first kappa shape index (κ1) is 7.55. The third-order valence-corrected chi connectivity index (χ3v) is 3.41. The van der Waals surface area contributed by atoms with Crippen LogP contribution in [0.5, 0.6) is 0 Å². The van der Waals surface area contributed by atoms with Gasteiger partial charge in [0, 0.05) is 17.9 Å². The maximum atomic E-state index is 5.10. The lowest BCUT2D eigenvalue weighted by atomic mass is 10.1. The van der Waals surface area contributed by atoms with E-state index in [1.807, 2.05) is 0 Å². The van der Waals surface area contributed by atoms with Crippen LogP contribution in [-0.2, 0) is 4.74 Å². The SMILES string of the molecule is COCC1(CBr)CC1C. The number of hydrogen-bond donors (Lipinski definition) is 0. The third-order valence-electron chi connectivity index (χ3n) is 2.30. The van der Waals surface area contributed by atoms with Gasteiger partial charge in [0.15, 0.2) is 0 Å². The largest absolute Gasteiger partial charge is 0.384 e. The molecule has 2 atom stereocenters. The van der Waals surface area contributed by atoms with Gasteiger partial charge in [-0.05, 0) is 12.3 Å². The average molecular weight is 193 g/mol. The van der Waals surface area contributed by atoms with Gasteiger partial charge in [0.1, 0.15) is 0 Å². The zero-order valence-corrected chi connectivity index (χ0v) is 7.57. The van der Waals surface area contributed by atoms with E-state index in [2.05, 4.69) is 22.9 Å². The molecule has 0 amide bonds. The van der Waals surface area contributed by atoms with Gasteiger partial charge in [-0.25, -0.2) is 0 Å². The van der Waals surface area contributed by atoms with Crippen LogP contribution in [0.4, 0.5) is 0 Å². The standard InChI is InChI=1S/C7H13BrO/c1-6-3-7(6,4-8)5-9-2/h6H,3-5H2,1-2H3. The van der Waals surface area contributed by atoms with Crippen LogP contribution in [0.25, 0.3) is 0 Å². The molecule has 2 unspecified atom stereocenters. The maximum Gasteiger partial charge on any atom is 0.0529 e. The van der Waals surface area contributed by atoms with Crippen molar-refractivity contribution in [1.82, 2.24) is 0 Å². The van der Waals surface area contributed by atoms with Crippen molar-refractivity contribution < 1.29 is 4.74 Å². The molecule has 0 aromatic carbocycles. The lowest BCUT2D eigenvalue weighted by Gasteiger charge is -2.09. The summed E-state index contributed by atoms with van der Waals surface area (Å²) in [6.07, 6.45) is 1.33. The van der Waals surface area contributed by atoms with Gasteiger partial charge in [-0.2, -0.15) is 0 Å². The summed E-state index contributed by atoms with van der Waals surface area (Å²) in [6, 6.07) is 0. The number of ether oxygens (including phenoxy) is 1. The molecule has 0 aromatic heterocycles. The van der Waals surface area contributed by atoms with Crippen molar-refractivity contribution in [2.75, 3.05) is 19.0 Å². The van der Waals surface area contributed by atoms with Gasteiger partial charge in [0.25, 0.3) is 0 Å². The molecule has 1 nitrogen and oxygen atoms in total. The van der Waals surface area contributed by atoms with Crippen LogP contribution in [0.3, 0.4) is 0 Å². The molecular weight excluding hydrogens is 180 g/mol. The molecule has 1 aliphatic rings. The van der Waals surface area contributed by atoms with Crippen molar-refractivity contribution in [2.24, 2.45) is 11.3 Å². The zero-order chi connectivity index (χ0) is 6.91. The minimum atomic E-state index is 0.495. The molecule has 2 heteroatoms. The van der Waals surface area contributed by atoms with Crippen molar-refractivity contribution >= 4 is 15.9 Å². The van der Waals surface area contributed by atoms with E-state index in [-0.39, 0.29) is 0 Å². The molecule has 1 rings (SSSR count). The van der Waals surface area contributed by atoms with Crippen molar-refractivity contribution in [3.63, 3.8) is 0 Å². The first-order valence-electron chi connectivity index (χ1n) is 3.30. The van der Waals surface area contributed by atoms with Crippen LogP contribution in [0, 0.1) is 11.3 Å². The third kappa shape index (κ3) is 1.30. The molecule has 0 aromatic rings. The van der Waals surface area contributed by atoms with Crippen LogP contribution in [0.15, 0.2) is 0 Å². The Balaban J connectivity index is 2.33. The van der Waals surface area contributed by atoms with Crippen molar-refractivity contribution in [3.8, 4) is 0 Å². The zero-order valence-electron chi connectivity index (χ0n) is 5.98. The van der Waals surface area contributed by atoms with Gasteiger partial charge >= 0.3 is 0 Å². The lowest BCUT2D eigenvalue weighted by Crippen LogP contribution is -2.12. The van der Waals surface area contributed by atoms with Gasteiger partial charge in [-0.1, -0.05) is 22.9 Å².